The number of carbonyl (C=O) groups is 1. The Balaban J connectivity index is 2.47. The molecule has 14 heavy (non-hydrogen) atoms. The number of aryl methyl sites for hydroxylation is 1. The molecule has 0 radical (unpaired) electrons. The van der Waals surface area contributed by atoms with Crippen LogP contribution in [-0.2, 0) is 4.79 Å². The number of ether oxygens (including phenoxy) is 1. The highest BCUT2D eigenvalue weighted by molar-refractivity contribution is 9.10. The van der Waals surface area contributed by atoms with Gasteiger partial charge in [-0.1, -0.05) is 15.9 Å². The lowest BCUT2D eigenvalue weighted by Crippen LogP contribution is -2.34. The van der Waals surface area contributed by atoms with E-state index in [0.717, 1.165) is 21.5 Å². The largest absolute Gasteiger partial charge is 0.479 e. The number of amides is 1. The number of carbonyl (C=O) groups excluding carboxylic acids is 1. The van der Waals surface area contributed by atoms with Gasteiger partial charge in [0.2, 0.25) is 0 Å². The van der Waals surface area contributed by atoms with E-state index in [-0.39, 0.29) is 5.91 Å². The molecule has 0 saturated heterocycles. The van der Waals surface area contributed by atoms with Gasteiger partial charge in [-0.3, -0.25) is 4.79 Å². The molecule has 0 unspecified atom stereocenters. The van der Waals surface area contributed by atoms with Crippen LogP contribution in [0, 0.1) is 6.92 Å². The van der Waals surface area contributed by atoms with Crippen molar-refractivity contribution < 1.29 is 9.53 Å². The Morgan fingerprint density at radius 3 is 2.93 bits per heavy atom. The topological polar surface area (TPSA) is 38.3 Å². The second-order valence-corrected chi connectivity index (χ2v) is 4.20. The van der Waals surface area contributed by atoms with Crippen LogP contribution >= 0.6 is 15.9 Å². The Labute approximate surface area is 90.6 Å². The van der Waals surface area contributed by atoms with Crippen molar-refractivity contribution in [1.29, 1.82) is 0 Å². The van der Waals surface area contributed by atoms with E-state index in [4.69, 9.17) is 4.74 Å². The molecule has 2 rings (SSSR count). The molecule has 3 nitrogen and oxygen atoms in total. The van der Waals surface area contributed by atoms with Gasteiger partial charge in [0.1, 0.15) is 5.75 Å². The molecule has 1 aliphatic rings. The third kappa shape index (κ3) is 1.50. The van der Waals surface area contributed by atoms with E-state index in [0.29, 0.717) is 0 Å². The maximum Gasteiger partial charge on any atom is 0.265 e. The number of rotatable bonds is 0. The van der Waals surface area contributed by atoms with E-state index >= 15 is 0 Å². The van der Waals surface area contributed by atoms with E-state index in [1.807, 2.05) is 19.1 Å². The molecule has 0 aromatic heterocycles. The van der Waals surface area contributed by atoms with Gasteiger partial charge in [0, 0.05) is 4.47 Å². The molecule has 1 aliphatic heterocycles. The first kappa shape index (κ1) is 9.52. The highest BCUT2D eigenvalue weighted by Gasteiger charge is 2.23. The van der Waals surface area contributed by atoms with Crippen LogP contribution in [0.1, 0.15) is 12.5 Å². The van der Waals surface area contributed by atoms with Crippen LogP contribution in [0.25, 0.3) is 0 Å². The normalized spacial score (nSPS) is 19.6. The molecule has 1 atom stereocenters. The molecule has 1 amide bonds. The summed E-state index contributed by atoms with van der Waals surface area (Å²) in [6.07, 6.45) is -0.414. The van der Waals surface area contributed by atoms with Gasteiger partial charge in [-0.25, -0.2) is 0 Å². The quantitative estimate of drug-likeness (QED) is 0.774. The summed E-state index contributed by atoms with van der Waals surface area (Å²) in [5.41, 5.74) is 1.82. The van der Waals surface area contributed by atoms with E-state index in [2.05, 4.69) is 21.2 Å². The van der Waals surface area contributed by atoms with Crippen LogP contribution in [0.15, 0.2) is 16.6 Å². The lowest BCUT2D eigenvalue weighted by atomic mass is 10.1. The fraction of sp³-hybridized carbons (Fsp3) is 0.300. The summed E-state index contributed by atoms with van der Waals surface area (Å²) >= 11 is 3.40. The zero-order chi connectivity index (χ0) is 10.3. The average molecular weight is 256 g/mol. The first-order valence-electron chi connectivity index (χ1n) is 4.35. The number of benzene rings is 1. The van der Waals surface area contributed by atoms with Crippen LogP contribution in [-0.4, -0.2) is 12.0 Å². The second kappa shape index (κ2) is 3.28. The van der Waals surface area contributed by atoms with E-state index in [1.54, 1.807) is 6.92 Å². The first-order valence-corrected chi connectivity index (χ1v) is 5.15. The molecule has 1 N–H and O–H groups in total. The Kier molecular flexibility index (Phi) is 2.23. The van der Waals surface area contributed by atoms with Crippen molar-refractivity contribution in [1.82, 2.24) is 0 Å². The van der Waals surface area contributed by atoms with Crippen molar-refractivity contribution in [2.75, 3.05) is 5.32 Å². The number of nitrogens with one attached hydrogen (secondary N) is 1. The van der Waals surface area contributed by atoms with Crippen LogP contribution in [0.5, 0.6) is 5.75 Å². The highest BCUT2D eigenvalue weighted by Crippen LogP contribution is 2.34. The number of anilines is 1. The second-order valence-electron chi connectivity index (χ2n) is 3.35. The van der Waals surface area contributed by atoms with Gasteiger partial charge in [-0.05, 0) is 31.5 Å². The molecule has 1 aromatic carbocycles. The van der Waals surface area contributed by atoms with Gasteiger partial charge < -0.3 is 10.1 Å². The van der Waals surface area contributed by atoms with Gasteiger partial charge in [0.25, 0.3) is 5.91 Å². The number of hydrogen-bond donors (Lipinski definition) is 1. The summed E-state index contributed by atoms with van der Waals surface area (Å²) in [5.74, 6) is 0.631. The van der Waals surface area contributed by atoms with Crippen LogP contribution in [0.4, 0.5) is 5.69 Å². The van der Waals surface area contributed by atoms with Crippen LogP contribution in [0.2, 0.25) is 0 Å². The summed E-state index contributed by atoms with van der Waals surface area (Å²) < 4.78 is 6.41. The van der Waals surface area contributed by atoms with Gasteiger partial charge >= 0.3 is 0 Å². The molecule has 0 bridgehead atoms. The minimum absolute atomic E-state index is 0.103. The van der Waals surface area contributed by atoms with Crippen molar-refractivity contribution in [3.05, 3.63) is 22.2 Å². The van der Waals surface area contributed by atoms with Crippen molar-refractivity contribution in [2.24, 2.45) is 0 Å². The zero-order valence-electron chi connectivity index (χ0n) is 7.93. The molecule has 0 fully saturated rings. The number of hydrogen-bond acceptors (Lipinski definition) is 2. The zero-order valence-corrected chi connectivity index (χ0v) is 9.51. The molecule has 0 saturated carbocycles. The molecular formula is C10H10BrNO2. The van der Waals surface area contributed by atoms with Crippen LogP contribution < -0.4 is 10.1 Å². The summed E-state index contributed by atoms with van der Waals surface area (Å²) in [7, 11) is 0. The average Bonchev–Trinajstić information content (AvgIpc) is 2.11. The maximum atomic E-state index is 11.3. The Morgan fingerprint density at radius 1 is 1.50 bits per heavy atom. The number of halogens is 1. The van der Waals surface area contributed by atoms with Gasteiger partial charge in [0.05, 0.1) is 5.69 Å². The minimum atomic E-state index is -0.414. The van der Waals surface area contributed by atoms with E-state index in [1.165, 1.54) is 0 Å². The van der Waals surface area contributed by atoms with Gasteiger partial charge in [0.15, 0.2) is 6.10 Å². The van der Waals surface area contributed by atoms with Crippen molar-refractivity contribution in [3.8, 4) is 5.75 Å². The third-order valence-corrected chi connectivity index (χ3v) is 3.05. The predicted octanol–water partition coefficient (Wildman–Crippen LogP) is 2.48. The molecule has 1 heterocycles. The fourth-order valence-corrected chi connectivity index (χ4v) is 1.67. The summed E-state index contributed by atoms with van der Waals surface area (Å²) in [6, 6.07) is 3.77. The predicted molar refractivity (Wildman–Crippen MR) is 57.6 cm³/mol. The molecule has 0 spiro atoms. The Bertz CT molecular complexity index is 403. The summed E-state index contributed by atoms with van der Waals surface area (Å²) in [4.78, 5) is 11.3. The fourth-order valence-electron chi connectivity index (χ4n) is 1.33. The smallest absolute Gasteiger partial charge is 0.265 e. The van der Waals surface area contributed by atoms with Gasteiger partial charge in [-0.2, -0.15) is 0 Å². The highest BCUT2D eigenvalue weighted by atomic mass is 79.9. The number of fused-ring (bicyclic) bond motifs is 1. The third-order valence-electron chi connectivity index (χ3n) is 2.19. The molecule has 74 valence electrons. The van der Waals surface area contributed by atoms with Crippen molar-refractivity contribution >= 4 is 27.5 Å². The van der Waals surface area contributed by atoms with E-state index in [9.17, 15) is 4.79 Å². The Morgan fingerprint density at radius 2 is 2.21 bits per heavy atom. The lowest BCUT2D eigenvalue weighted by Gasteiger charge is -2.23. The molecule has 0 aliphatic carbocycles. The monoisotopic (exact) mass is 255 g/mol. The van der Waals surface area contributed by atoms with Crippen molar-refractivity contribution in [2.45, 2.75) is 20.0 Å². The standard InChI is InChI=1S/C10H10BrNO2/c1-5-3-9-8(4-7(5)11)12-10(13)6(2)14-9/h3-4,6H,1-2H3,(H,12,13)/t6-/m1/s1. The van der Waals surface area contributed by atoms with E-state index < -0.39 is 6.10 Å². The SMILES string of the molecule is Cc1cc2c(cc1Br)NC(=O)[C@@H](C)O2. The van der Waals surface area contributed by atoms with Crippen molar-refractivity contribution in [3.63, 3.8) is 0 Å². The van der Waals surface area contributed by atoms with Gasteiger partial charge in [-0.15, -0.1) is 0 Å². The maximum absolute atomic E-state index is 11.3. The first-order chi connectivity index (χ1) is 6.58. The lowest BCUT2D eigenvalue weighted by molar-refractivity contribution is -0.122. The van der Waals surface area contributed by atoms with Crippen LogP contribution in [0.3, 0.4) is 0 Å². The molecule has 4 heteroatoms. The Hall–Kier alpha value is -1.03. The molecular weight excluding hydrogens is 246 g/mol. The minimum Gasteiger partial charge on any atom is -0.479 e. The summed E-state index contributed by atoms with van der Waals surface area (Å²) in [6.45, 7) is 3.71. The molecule has 1 aromatic rings. The summed E-state index contributed by atoms with van der Waals surface area (Å²) in [5, 5.41) is 2.78.